The molecule has 32 nitrogen and oxygen atoms in total. The van der Waals surface area contributed by atoms with Crippen LogP contribution in [0.25, 0.3) is 44.2 Å². The van der Waals surface area contributed by atoms with E-state index < -0.39 is 121 Å². The van der Waals surface area contributed by atoms with Crippen molar-refractivity contribution in [3.63, 3.8) is 0 Å². The Balaban J connectivity index is 0.00000650. The SMILES string of the molecule is COc1cc(CC(=O)N2CC(=O)N[C@@H](Cc3ccccc3)CN(C(=O)Cc3ccc4ccccc4c3)CC(=O)N[C@@H](CCCCN)CN(C(=O)Cc3ccc4c(c3)OCO4)CC(=O)N[C@@H](CCCCN)CN(CC(=O)NCCC(=O)NC(CCCCCC(=S)Cc3ccc(-c4c5ccc(=O)cc-5oc5cc(C)ccc45)cc3)C(N)=O)C(=O)CCSCc3ccc(cc3)C(=O)N[C@@H](CC(C)C)C2)cc(OC)c1.O=C=O. The first kappa shape index (κ1) is 110. The van der Waals surface area contributed by atoms with Crippen LogP contribution in [0, 0.1) is 12.8 Å². The number of ether oxygens (including phenoxy) is 4. The molecule has 1 unspecified atom stereocenters. The van der Waals surface area contributed by atoms with Gasteiger partial charge >= 0.3 is 6.15 Å². The van der Waals surface area contributed by atoms with Crippen LogP contribution in [0.2, 0.25) is 0 Å². The van der Waals surface area contributed by atoms with E-state index in [9.17, 15) is 28.8 Å². The fourth-order valence-electron chi connectivity index (χ4n) is 17.8. The van der Waals surface area contributed by atoms with E-state index in [-0.39, 0.29) is 127 Å². The maximum Gasteiger partial charge on any atom is 0.373 e. The maximum absolute atomic E-state index is 15.5. The van der Waals surface area contributed by atoms with Gasteiger partial charge in [-0.3, -0.25) is 57.5 Å². The summed E-state index contributed by atoms with van der Waals surface area (Å²) in [5, 5.41) is 20.9. The van der Waals surface area contributed by atoms with Crippen LogP contribution in [-0.4, -0.2) is 225 Å². The highest BCUT2D eigenvalue weighted by Crippen LogP contribution is 2.41. The molecule has 762 valence electrons. The fraction of sp³-hybridized carbons (Fsp3) is 0.400. The average Bonchev–Trinajstić information content (AvgIpc) is 0.805. The lowest BCUT2D eigenvalue weighted by Crippen LogP contribution is -2.55. The number of amides is 11. The summed E-state index contributed by atoms with van der Waals surface area (Å²) in [4.78, 5) is 197. The Hall–Kier alpha value is -14.2. The number of primary amides is 1. The topological polar surface area (TPSA) is 452 Å². The summed E-state index contributed by atoms with van der Waals surface area (Å²) in [6.45, 7) is 3.45. The van der Waals surface area contributed by atoms with Gasteiger partial charge in [0.1, 0.15) is 28.9 Å². The van der Waals surface area contributed by atoms with Crippen LogP contribution >= 0.6 is 24.0 Å². The highest BCUT2D eigenvalue weighted by Gasteiger charge is 2.33. The number of aryl methyl sites for hydroxylation is 1. The Morgan fingerprint density at radius 3 is 1.77 bits per heavy atom. The molecular weight excluding hydrogens is 1870 g/mol. The number of thioether (sulfide) groups is 1. The first-order valence-corrected chi connectivity index (χ1v) is 50.5. The van der Waals surface area contributed by atoms with Gasteiger partial charge in [0.25, 0.3) is 5.91 Å². The van der Waals surface area contributed by atoms with Gasteiger partial charge < -0.3 is 92.1 Å². The Morgan fingerprint density at radius 2 is 1.13 bits per heavy atom. The third kappa shape index (κ3) is 35.2. The van der Waals surface area contributed by atoms with Crippen molar-refractivity contribution < 1.29 is 85.7 Å². The van der Waals surface area contributed by atoms with Crippen molar-refractivity contribution in [2.24, 2.45) is 23.1 Å². The van der Waals surface area contributed by atoms with E-state index in [1.54, 1.807) is 72.8 Å². The number of methoxy groups -OCH3 is 2. The molecule has 5 aliphatic rings. The van der Waals surface area contributed by atoms with Gasteiger partial charge in [-0.2, -0.15) is 21.4 Å². The molecule has 8 aromatic rings. The molecule has 4 aliphatic heterocycles. The molecule has 0 saturated carbocycles. The predicted octanol–water partition coefficient (Wildman–Crippen LogP) is 11.0. The highest BCUT2D eigenvalue weighted by molar-refractivity contribution is 7.98. The number of hydrogen-bond donors (Lipinski definition) is 9. The molecule has 5 atom stereocenters. The van der Waals surface area contributed by atoms with Crippen molar-refractivity contribution in [1.82, 2.24) is 51.5 Å². The molecule has 144 heavy (non-hydrogen) atoms. The summed E-state index contributed by atoms with van der Waals surface area (Å²) >= 11 is 7.30. The van der Waals surface area contributed by atoms with E-state index in [2.05, 4.69) is 56.2 Å². The van der Waals surface area contributed by atoms with Crippen molar-refractivity contribution in [2.75, 3.05) is 98.8 Å². The van der Waals surface area contributed by atoms with Crippen molar-refractivity contribution in [2.45, 2.75) is 179 Å². The molecule has 13 rings (SSSR count). The lowest BCUT2D eigenvalue weighted by Gasteiger charge is -2.32. The Morgan fingerprint density at radius 1 is 0.549 bits per heavy atom. The quantitative estimate of drug-likeness (QED) is 0.00762. The van der Waals surface area contributed by atoms with Gasteiger partial charge in [-0.05, 0) is 198 Å². The molecule has 11 amide bonds. The van der Waals surface area contributed by atoms with Crippen LogP contribution < -0.4 is 73.5 Å². The van der Waals surface area contributed by atoms with Crippen LogP contribution in [0.4, 0.5) is 0 Å². The van der Waals surface area contributed by atoms with Crippen LogP contribution in [0.15, 0.2) is 203 Å². The highest BCUT2D eigenvalue weighted by atomic mass is 32.2. The zero-order chi connectivity index (χ0) is 103. The lowest BCUT2D eigenvalue weighted by atomic mass is 9.92. The largest absolute Gasteiger partial charge is 0.497 e. The molecule has 0 aromatic heterocycles. The molecular formula is C110H131N13O19S2. The Kier molecular flexibility index (Phi) is 43.3. The van der Waals surface area contributed by atoms with Gasteiger partial charge in [-0.1, -0.05) is 179 Å². The van der Waals surface area contributed by atoms with Crippen molar-refractivity contribution >= 4 is 122 Å². The second-order valence-corrected chi connectivity index (χ2v) is 38.6. The number of fused-ring (bicyclic) bond motifs is 33. The van der Waals surface area contributed by atoms with E-state index in [4.69, 9.17) is 62.4 Å². The molecule has 0 spiro atoms. The van der Waals surface area contributed by atoms with E-state index in [0.29, 0.717) is 127 Å². The Bertz CT molecular complexity index is 6120. The normalized spacial score (nSPS) is 16.3. The summed E-state index contributed by atoms with van der Waals surface area (Å²) < 4.78 is 28.7. The van der Waals surface area contributed by atoms with Gasteiger partial charge in [0, 0.05) is 116 Å². The molecule has 0 saturated heterocycles. The lowest BCUT2D eigenvalue weighted by molar-refractivity contribution is -0.192. The molecule has 1 aliphatic carbocycles. The number of rotatable bonds is 36. The minimum Gasteiger partial charge on any atom is -0.497 e. The fourth-order valence-corrected chi connectivity index (χ4v) is 19.0. The minimum atomic E-state index is -1.00. The zero-order valence-electron chi connectivity index (χ0n) is 82.4. The molecule has 2 bridgehead atoms. The number of nitrogens with one attached hydrogen (secondary N) is 6. The number of nitrogens with zero attached hydrogens (tertiary/aromatic N) is 4. The molecule has 0 radical (unpaired) electrons. The number of nitrogens with two attached hydrogens (primary N) is 3. The van der Waals surface area contributed by atoms with Gasteiger partial charge in [0.05, 0.1) is 65.7 Å². The van der Waals surface area contributed by atoms with Crippen LogP contribution in [0.5, 0.6) is 23.0 Å². The van der Waals surface area contributed by atoms with Crippen LogP contribution in [-0.2, 0) is 95.4 Å². The first-order chi connectivity index (χ1) is 69.5. The third-order valence-corrected chi connectivity index (χ3v) is 26.4. The van der Waals surface area contributed by atoms with Crippen molar-refractivity contribution in [3.05, 3.63) is 249 Å². The maximum atomic E-state index is 15.5. The number of carbonyl (C=O) groups excluding carboxylic acids is 13. The smallest absolute Gasteiger partial charge is 0.373 e. The second kappa shape index (κ2) is 56.6. The van der Waals surface area contributed by atoms with E-state index in [1.807, 2.05) is 112 Å². The number of hydrogen-bond acceptors (Lipinski definition) is 23. The second-order valence-electron chi connectivity index (χ2n) is 36.9. The number of benzene rings is 9. The number of carbonyl (C=O) groups is 11. The molecule has 0 fully saturated rings. The molecule has 34 heteroatoms. The van der Waals surface area contributed by atoms with E-state index in [1.165, 1.54) is 51.6 Å². The zero-order valence-corrected chi connectivity index (χ0v) is 84.0. The van der Waals surface area contributed by atoms with Gasteiger partial charge in [-0.25, -0.2) is 0 Å². The summed E-state index contributed by atoms with van der Waals surface area (Å²) in [6, 6.07) is 54.6. The predicted molar refractivity (Wildman–Crippen MR) is 556 cm³/mol. The number of thiocarbonyl (C=S) groups is 1. The van der Waals surface area contributed by atoms with Gasteiger partial charge in [-0.15, -0.1) is 0 Å². The van der Waals surface area contributed by atoms with Crippen LogP contribution in [0.3, 0.4) is 0 Å². The summed E-state index contributed by atoms with van der Waals surface area (Å²) in [5.74, 6) is -3.18. The van der Waals surface area contributed by atoms with E-state index in [0.717, 1.165) is 66.4 Å². The summed E-state index contributed by atoms with van der Waals surface area (Å²) in [7, 11) is 2.99. The molecule has 12 N–H and O–H groups in total. The standard InChI is InChI=1S/C109H131N13O17S2.CO2/c1-71(2)48-85-63-121(106(132)58-78-52-88(135-4)60-89(53-78)136-5)68-102(128)116-86(51-73-18-8-6-9-19-73)64-122(104(130)56-76-31-33-79-20-12-13-21-82(79)50-76)67-101(127)115-84(23-15-17-45-111)62-120(105(131)57-77-32-41-94-97(55-77)138-70-137-94)66-100(126)114-83(22-14-16-44-110)61-119(103(129)43-47-141-69-75-29-36-81(37-30-75)109(134)117-85)65-99(125)113-46-42-98(124)118-93(108(112)133)25-11-7-10-24-90(140)54-74-27-34-80(35-28-74)107-91-39-26-72(3)49-95(91)139-96-59-87(123)38-40-92(96)107;2-1-3/h6,8-9,12-13,18-21,26-41,49-50,52-53,55,59-60,71,83-86,93H,7,10-11,14-17,22-25,42-48,51,54,56-58,61-70,110-111H2,1-5H3,(H2,112,133)(H,113,125)(H,114,126)(H,115,127)(H,116,128)(H,117,134)(H,118,124);/t83-,84-,85-,86-,93?;/m0./s1. The van der Waals surface area contributed by atoms with Gasteiger partial charge in [0.2, 0.25) is 65.9 Å². The molecule has 4 heterocycles. The summed E-state index contributed by atoms with van der Waals surface area (Å²) in [5.41, 5.74) is 27.1. The van der Waals surface area contributed by atoms with E-state index >= 15 is 28.8 Å². The minimum absolute atomic E-state index is 0.0160. The number of unbranched alkanes of at least 4 members (excludes halogenated alkanes) is 4. The third-order valence-electron chi connectivity index (χ3n) is 25.0. The van der Waals surface area contributed by atoms with Crippen molar-refractivity contribution in [1.29, 1.82) is 0 Å². The molecule has 8 aromatic carbocycles. The average molecular weight is 2000 g/mol. The van der Waals surface area contributed by atoms with Crippen molar-refractivity contribution in [3.8, 4) is 45.4 Å². The van der Waals surface area contributed by atoms with Gasteiger partial charge in [0.15, 0.2) is 16.9 Å². The Labute approximate surface area is 848 Å². The monoisotopic (exact) mass is 2000 g/mol. The first-order valence-electron chi connectivity index (χ1n) is 48.9. The van der Waals surface area contributed by atoms with Crippen LogP contribution in [0.1, 0.15) is 153 Å². The summed E-state index contributed by atoms with van der Waals surface area (Å²) in [6.07, 6.45) is 5.80.